The Morgan fingerprint density at radius 2 is 2.33 bits per heavy atom. The molecular formula is C8H12ClN3. The summed E-state index contributed by atoms with van der Waals surface area (Å²) in [4.78, 5) is 3.87. The van der Waals surface area contributed by atoms with Crippen molar-refractivity contribution in [2.45, 2.75) is 12.5 Å². The molecule has 66 valence electrons. The fraction of sp³-hybridized carbons (Fsp3) is 0.375. The average Bonchev–Trinajstić information content (AvgIpc) is 2.05. The van der Waals surface area contributed by atoms with Crippen molar-refractivity contribution in [1.29, 1.82) is 0 Å². The molecule has 0 saturated carbocycles. The fourth-order valence-corrected chi connectivity index (χ4v) is 1.28. The van der Waals surface area contributed by atoms with Crippen LogP contribution in [-0.4, -0.2) is 11.5 Å². The number of rotatable bonds is 3. The summed E-state index contributed by atoms with van der Waals surface area (Å²) in [6, 6.07) is 1.74. The van der Waals surface area contributed by atoms with Gasteiger partial charge in [-0.2, -0.15) is 0 Å². The van der Waals surface area contributed by atoms with Crippen LogP contribution in [0.25, 0.3) is 0 Å². The predicted octanol–water partition coefficient (Wildman–Crippen LogP) is 1.08. The van der Waals surface area contributed by atoms with E-state index in [1.165, 1.54) is 0 Å². The molecule has 0 aliphatic heterocycles. The van der Waals surface area contributed by atoms with Crippen LogP contribution in [0.2, 0.25) is 5.02 Å². The normalized spacial score (nSPS) is 12.9. The molecule has 0 aliphatic rings. The summed E-state index contributed by atoms with van der Waals surface area (Å²) in [5.41, 5.74) is 12.1. The lowest BCUT2D eigenvalue weighted by Gasteiger charge is -2.11. The summed E-state index contributed by atoms with van der Waals surface area (Å²) >= 11 is 5.87. The lowest BCUT2D eigenvalue weighted by Crippen LogP contribution is -2.15. The number of pyridine rings is 1. The molecule has 1 atom stereocenters. The van der Waals surface area contributed by atoms with Crippen LogP contribution in [0, 0.1) is 0 Å². The van der Waals surface area contributed by atoms with Gasteiger partial charge in [0.1, 0.15) is 0 Å². The van der Waals surface area contributed by atoms with E-state index in [0.717, 1.165) is 12.0 Å². The summed E-state index contributed by atoms with van der Waals surface area (Å²) in [5, 5.41) is 0.610. The first kappa shape index (κ1) is 9.45. The molecule has 0 unspecified atom stereocenters. The molecule has 0 radical (unpaired) electrons. The van der Waals surface area contributed by atoms with Gasteiger partial charge in [-0.15, -0.1) is 0 Å². The molecule has 0 bridgehead atoms. The molecule has 3 nitrogen and oxygen atoms in total. The molecule has 1 heterocycles. The van der Waals surface area contributed by atoms with Crippen LogP contribution in [0.5, 0.6) is 0 Å². The minimum Gasteiger partial charge on any atom is -0.330 e. The maximum absolute atomic E-state index is 5.87. The van der Waals surface area contributed by atoms with Crippen molar-refractivity contribution in [2.24, 2.45) is 11.5 Å². The summed E-state index contributed by atoms with van der Waals surface area (Å²) < 4.78 is 0. The highest BCUT2D eigenvalue weighted by Crippen LogP contribution is 2.21. The molecule has 12 heavy (non-hydrogen) atoms. The number of halogens is 1. The van der Waals surface area contributed by atoms with E-state index in [1.54, 1.807) is 12.4 Å². The largest absolute Gasteiger partial charge is 0.330 e. The standard InChI is InChI=1S/C8H12ClN3/c9-7-5-12-4-2-6(7)8(11)1-3-10/h2,4-5,8H,1,3,10-11H2/t8-/m0/s1. The summed E-state index contributed by atoms with van der Waals surface area (Å²) in [5.74, 6) is 0. The molecule has 0 saturated heterocycles. The molecule has 4 N–H and O–H groups in total. The molecular weight excluding hydrogens is 174 g/mol. The Kier molecular flexibility index (Phi) is 3.47. The number of hydrogen-bond donors (Lipinski definition) is 2. The summed E-state index contributed by atoms with van der Waals surface area (Å²) in [6.45, 7) is 0.569. The smallest absolute Gasteiger partial charge is 0.0637 e. The van der Waals surface area contributed by atoms with Gasteiger partial charge in [-0.05, 0) is 24.6 Å². The van der Waals surface area contributed by atoms with E-state index in [4.69, 9.17) is 23.1 Å². The highest BCUT2D eigenvalue weighted by molar-refractivity contribution is 6.31. The van der Waals surface area contributed by atoms with Crippen molar-refractivity contribution < 1.29 is 0 Å². The van der Waals surface area contributed by atoms with Crippen LogP contribution in [0.3, 0.4) is 0 Å². The van der Waals surface area contributed by atoms with Gasteiger partial charge in [0.15, 0.2) is 0 Å². The Balaban J connectivity index is 2.79. The zero-order chi connectivity index (χ0) is 8.97. The van der Waals surface area contributed by atoms with Gasteiger partial charge in [-0.1, -0.05) is 11.6 Å². The monoisotopic (exact) mass is 185 g/mol. The number of aromatic nitrogens is 1. The van der Waals surface area contributed by atoms with Crippen LogP contribution in [0.1, 0.15) is 18.0 Å². The third kappa shape index (κ3) is 2.17. The molecule has 4 heteroatoms. The minimum absolute atomic E-state index is 0.0782. The zero-order valence-electron chi connectivity index (χ0n) is 6.70. The molecule has 0 aromatic carbocycles. The van der Waals surface area contributed by atoms with E-state index in [2.05, 4.69) is 4.98 Å². The van der Waals surface area contributed by atoms with Crippen LogP contribution < -0.4 is 11.5 Å². The quantitative estimate of drug-likeness (QED) is 0.741. The van der Waals surface area contributed by atoms with Crippen LogP contribution >= 0.6 is 11.6 Å². The molecule has 0 spiro atoms. The van der Waals surface area contributed by atoms with Gasteiger partial charge in [-0.25, -0.2) is 0 Å². The zero-order valence-corrected chi connectivity index (χ0v) is 7.46. The Labute approximate surface area is 76.7 Å². The van der Waals surface area contributed by atoms with Crippen molar-refractivity contribution in [1.82, 2.24) is 4.98 Å². The van der Waals surface area contributed by atoms with Crippen molar-refractivity contribution >= 4 is 11.6 Å². The van der Waals surface area contributed by atoms with Gasteiger partial charge in [0.05, 0.1) is 5.02 Å². The molecule has 1 aromatic heterocycles. The van der Waals surface area contributed by atoms with Crippen LogP contribution in [0.4, 0.5) is 0 Å². The van der Waals surface area contributed by atoms with Crippen LogP contribution in [0.15, 0.2) is 18.5 Å². The summed E-state index contributed by atoms with van der Waals surface area (Å²) in [6.07, 6.45) is 4.01. The second-order valence-corrected chi connectivity index (χ2v) is 2.99. The Hall–Kier alpha value is -0.640. The first-order valence-electron chi connectivity index (χ1n) is 3.80. The third-order valence-electron chi connectivity index (χ3n) is 1.68. The van der Waals surface area contributed by atoms with Crippen molar-refractivity contribution in [3.8, 4) is 0 Å². The van der Waals surface area contributed by atoms with Gasteiger partial charge >= 0.3 is 0 Å². The van der Waals surface area contributed by atoms with Crippen molar-refractivity contribution in [3.63, 3.8) is 0 Å². The van der Waals surface area contributed by atoms with Gasteiger partial charge in [-0.3, -0.25) is 4.98 Å². The highest BCUT2D eigenvalue weighted by Gasteiger charge is 2.07. The predicted molar refractivity (Wildman–Crippen MR) is 49.8 cm³/mol. The molecule has 0 fully saturated rings. The van der Waals surface area contributed by atoms with E-state index < -0.39 is 0 Å². The number of hydrogen-bond acceptors (Lipinski definition) is 3. The van der Waals surface area contributed by atoms with Gasteiger partial charge in [0.2, 0.25) is 0 Å². The van der Waals surface area contributed by atoms with Crippen LogP contribution in [-0.2, 0) is 0 Å². The molecule has 1 rings (SSSR count). The Morgan fingerprint density at radius 3 is 2.92 bits per heavy atom. The Morgan fingerprint density at radius 1 is 1.58 bits per heavy atom. The second-order valence-electron chi connectivity index (χ2n) is 2.58. The highest BCUT2D eigenvalue weighted by atomic mass is 35.5. The maximum atomic E-state index is 5.87. The Bertz CT molecular complexity index is 252. The second kappa shape index (κ2) is 4.40. The van der Waals surface area contributed by atoms with Gasteiger partial charge in [0, 0.05) is 18.4 Å². The number of nitrogens with zero attached hydrogens (tertiary/aromatic N) is 1. The fourth-order valence-electron chi connectivity index (χ4n) is 1.02. The minimum atomic E-state index is -0.0782. The maximum Gasteiger partial charge on any atom is 0.0637 e. The van der Waals surface area contributed by atoms with Gasteiger partial charge in [0.25, 0.3) is 0 Å². The van der Waals surface area contributed by atoms with Crippen molar-refractivity contribution in [2.75, 3.05) is 6.54 Å². The van der Waals surface area contributed by atoms with Crippen molar-refractivity contribution in [3.05, 3.63) is 29.0 Å². The SMILES string of the molecule is NCC[C@H](N)c1ccncc1Cl. The lowest BCUT2D eigenvalue weighted by molar-refractivity contribution is 0.660. The molecule has 0 amide bonds. The van der Waals surface area contributed by atoms with E-state index in [9.17, 15) is 0 Å². The molecule has 1 aromatic rings. The third-order valence-corrected chi connectivity index (χ3v) is 2.00. The van der Waals surface area contributed by atoms with E-state index in [-0.39, 0.29) is 6.04 Å². The van der Waals surface area contributed by atoms with E-state index in [0.29, 0.717) is 11.6 Å². The average molecular weight is 186 g/mol. The summed E-state index contributed by atoms with van der Waals surface area (Å²) in [7, 11) is 0. The first-order chi connectivity index (χ1) is 5.75. The van der Waals surface area contributed by atoms with E-state index >= 15 is 0 Å². The lowest BCUT2D eigenvalue weighted by atomic mass is 10.1. The first-order valence-corrected chi connectivity index (χ1v) is 4.18. The van der Waals surface area contributed by atoms with Gasteiger partial charge < -0.3 is 11.5 Å². The number of nitrogens with two attached hydrogens (primary N) is 2. The molecule has 0 aliphatic carbocycles. The topological polar surface area (TPSA) is 64.9 Å². The van der Waals surface area contributed by atoms with E-state index in [1.807, 2.05) is 6.07 Å².